The van der Waals surface area contributed by atoms with Crippen LogP contribution >= 0.6 is 0 Å². The fraction of sp³-hybridized carbons (Fsp3) is 0.360. The van der Waals surface area contributed by atoms with E-state index < -0.39 is 0 Å². The summed E-state index contributed by atoms with van der Waals surface area (Å²) in [5, 5.41) is 6.74. The highest BCUT2D eigenvalue weighted by atomic mass is 19.1. The number of aromatic nitrogens is 1. The summed E-state index contributed by atoms with van der Waals surface area (Å²) in [5.41, 5.74) is 3.92. The zero-order valence-electron chi connectivity index (χ0n) is 18.5. The topological polar surface area (TPSA) is 71.7 Å². The third-order valence-corrected chi connectivity index (χ3v) is 6.01. The van der Waals surface area contributed by atoms with Crippen molar-refractivity contribution in [3.05, 3.63) is 77.4 Å². The third kappa shape index (κ3) is 5.16. The van der Waals surface area contributed by atoms with Crippen molar-refractivity contribution in [2.24, 2.45) is 4.99 Å². The SMILES string of the molecule is CN=C(NCc1coc(-c2ccc(C)cc2)n1)NCC1(c2ccc(F)cc2)CCOCC1. The molecule has 1 aliphatic heterocycles. The summed E-state index contributed by atoms with van der Waals surface area (Å²) in [5.74, 6) is 1.05. The van der Waals surface area contributed by atoms with Crippen molar-refractivity contribution < 1.29 is 13.5 Å². The average Bonchev–Trinajstić information content (AvgIpc) is 3.30. The minimum atomic E-state index is -0.223. The molecule has 0 aliphatic carbocycles. The summed E-state index contributed by atoms with van der Waals surface area (Å²) in [4.78, 5) is 8.92. The molecule has 2 N–H and O–H groups in total. The van der Waals surface area contributed by atoms with Gasteiger partial charge in [-0.1, -0.05) is 29.8 Å². The van der Waals surface area contributed by atoms with Crippen molar-refractivity contribution in [3.8, 4) is 11.5 Å². The molecule has 1 fully saturated rings. The molecule has 32 heavy (non-hydrogen) atoms. The number of ether oxygens (including phenoxy) is 1. The Labute approximate surface area is 187 Å². The number of guanidine groups is 1. The maximum absolute atomic E-state index is 13.5. The standard InChI is InChI=1S/C25H29FN4O2/c1-18-3-5-19(6-4-18)23-30-22(16-32-23)15-28-24(27-2)29-17-25(11-13-31-14-12-25)20-7-9-21(26)10-8-20/h3-10,16H,11-15,17H2,1-2H3,(H2,27,28,29). The number of nitrogens with one attached hydrogen (secondary N) is 2. The third-order valence-electron chi connectivity index (χ3n) is 6.01. The Morgan fingerprint density at radius 3 is 2.47 bits per heavy atom. The van der Waals surface area contributed by atoms with E-state index in [9.17, 15) is 4.39 Å². The first-order valence-electron chi connectivity index (χ1n) is 10.9. The second kappa shape index (κ2) is 9.96. The summed E-state index contributed by atoms with van der Waals surface area (Å²) in [7, 11) is 1.74. The van der Waals surface area contributed by atoms with E-state index in [-0.39, 0.29) is 11.2 Å². The number of rotatable bonds is 6. The molecule has 0 spiro atoms. The fourth-order valence-electron chi connectivity index (χ4n) is 4.00. The minimum Gasteiger partial charge on any atom is -0.444 e. The van der Waals surface area contributed by atoms with Gasteiger partial charge < -0.3 is 19.8 Å². The van der Waals surface area contributed by atoms with Crippen LogP contribution in [0.15, 0.2) is 64.2 Å². The maximum atomic E-state index is 13.5. The van der Waals surface area contributed by atoms with Crippen molar-refractivity contribution in [3.63, 3.8) is 0 Å². The number of aryl methyl sites for hydroxylation is 1. The molecule has 7 heteroatoms. The Kier molecular flexibility index (Phi) is 6.85. The van der Waals surface area contributed by atoms with Gasteiger partial charge in [-0.05, 0) is 49.6 Å². The van der Waals surface area contributed by atoms with E-state index in [1.807, 2.05) is 43.3 Å². The number of hydrogen-bond donors (Lipinski definition) is 2. The first-order chi connectivity index (χ1) is 15.6. The van der Waals surface area contributed by atoms with Gasteiger partial charge in [-0.3, -0.25) is 4.99 Å². The van der Waals surface area contributed by atoms with Gasteiger partial charge in [0.15, 0.2) is 5.96 Å². The molecule has 1 saturated heterocycles. The summed E-state index contributed by atoms with van der Waals surface area (Å²) in [6.45, 7) is 4.59. The van der Waals surface area contributed by atoms with Gasteiger partial charge in [0.2, 0.25) is 5.89 Å². The zero-order chi connectivity index (χ0) is 22.4. The van der Waals surface area contributed by atoms with E-state index in [2.05, 4.69) is 20.6 Å². The summed E-state index contributed by atoms with van der Waals surface area (Å²) >= 11 is 0. The van der Waals surface area contributed by atoms with Crippen LogP contribution in [0.25, 0.3) is 11.5 Å². The van der Waals surface area contributed by atoms with Gasteiger partial charge in [0.1, 0.15) is 12.1 Å². The Morgan fingerprint density at radius 2 is 1.78 bits per heavy atom. The highest BCUT2D eigenvalue weighted by Gasteiger charge is 2.34. The van der Waals surface area contributed by atoms with Crippen LogP contribution in [0.5, 0.6) is 0 Å². The van der Waals surface area contributed by atoms with Crippen molar-refractivity contribution in [2.75, 3.05) is 26.8 Å². The van der Waals surface area contributed by atoms with Crippen molar-refractivity contribution in [1.82, 2.24) is 15.6 Å². The molecule has 3 aromatic rings. The molecule has 1 aromatic heterocycles. The van der Waals surface area contributed by atoms with E-state index in [0.29, 0.717) is 38.2 Å². The Morgan fingerprint density at radius 1 is 1.06 bits per heavy atom. The molecule has 0 atom stereocenters. The van der Waals surface area contributed by atoms with Crippen LogP contribution in [0.2, 0.25) is 0 Å². The van der Waals surface area contributed by atoms with Gasteiger partial charge >= 0.3 is 0 Å². The van der Waals surface area contributed by atoms with Gasteiger partial charge in [0.25, 0.3) is 0 Å². The van der Waals surface area contributed by atoms with Crippen LogP contribution < -0.4 is 10.6 Å². The predicted octanol–water partition coefficient (Wildman–Crippen LogP) is 4.20. The molecule has 0 amide bonds. The van der Waals surface area contributed by atoms with E-state index in [1.54, 1.807) is 13.3 Å². The molecular weight excluding hydrogens is 407 g/mol. The maximum Gasteiger partial charge on any atom is 0.226 e. The summed E-state index contributed by atoms with van der Waals surface area (Å²) in [6.07, 6.45) is 3.39. The van der Waals surface area contributed by atoms with Gasteiger partial charge in [-0.25, -0.2) is 9.37 Å². The number of hydrogen-bond acceptors (Lipinski definition) is 4. The number of benzene rings is 2. The van der Waals surface area contributed by atoms with Gasteiger partial charge in [-0.15, -0.1) is 0 Å². The van der Waals surface area contributed by atoms with Crippen LogP contribution in [0.1, 0.15) is 29.7 Å². The number of halogens is 1. The quantitative estimate of drug-likeness (QED) is 0.448. The molecule has 2 heterocycles. The highest BCUT2D eigenvalue weighted by Crippen LogP contribution is 2.34. The molecule has 2 aromatic carbocycles. The molecule has 4 rings (SSSR count). The molecule has 6 nitrogen and oxygen atoms in total. The molecule has 0 bridgehead atoms. The summed E-state index contributed by atoms with van der Waals surface area (Å²) < 4.78 is 24.7. The van der Waals surface area contributed by atoms with Crippen LogP contribution in [-0.4, -0.2) is 37.7 Å². The second-order valence-corrected chi connectivity index (χ2v) is 8.19. The van der Waals surface area contributed by atoms with Crippen LogP contribution in [-0.2, 0) is 16.7 Å². The fourth-order valence-corrected chi connectivity index (χ4v) is 4.00. The zero-order valence-corrected chi connectivity index (χ0v) is 18.5. The molecule has 0 radical (unpaired) electrons. The van der Waals surface area contributed by atoms with E-state index in [0.717, 1.165) is 29.7 Å². The molecule has 168 valence electrons. The van der Waals surface area contributed by atoms with Gasteiger partial charge in [-0.2, -0.15) is 0 Å². The van der Waals surface area contributed by atoms with Crippen molar-refractivity contribution in [2.45, 2.75) is 31.7 Å². The predicted molar refractivity (Wildman–Crippen MR) is 123 cm³/mol. The lowest BCUT2D eigenvalue weighted by Gasteiger charge is -2.38. The highest BCUT2D eigenvalue weighted by molar-refractivity contribution is 5.79. The van der Waals surface area contributed by atoms with Crippen molar-refractivity contribution >= 4 is 5.96 Å². The Hall–Kier alpha value is -3.19. The Bertz CT molecular complexity index is 1040. The van der Waals surface area contributed by atoms with Crippen LogP contribution in [0.3, 0.4) is 0 Å². The van der Waals surface area contributed by atoms with Crippen LogP contribution in [0, 0.1) is 12.7 Å². The number of nitrogens with zero attached hydrogens (tertiary/aromatic N) is 2. The van der Waals surface area contributed by atoms with Crippen LogP contribution in [0.4, 0.5) is 4.39 Å². The largest absolute Gasteiger partial charge is 0.444 e. The minimum absolute atomic E-state index is 0.129. The second-order valence-electron chi connectivity index (χ2n) is 8.19. The molecule has 0 unspecified atom stereocenters. The Balaban J connectivity index is 1.38. The summed E-state index contributed by atoms with van der Waals surface area (Å²) in [6, 6.07) is 14.9. The van der Waals surface area contributed by atoms with Gasteiger partial charge in [0, 0.05) is 37.8 Å². The molecule has 0 saturated carbocycles. The van der Waals surface area contributed by atoms with Crippen molar-refractivity contribution in [1.29, 1.82) is 0 Å². The lowest BCUT2D eigenvalue weighted by molar-refractivity contribution is 0.0513. The normalized spacial score (nSPS) is 16.0. The average molecular weight is 437 g/mol. The molecular formula is C25H29FN4O2. The van der Waals surface area contributed by atoms with E-state index in [4.69, 9.17) is 9.15 Å². The smallest absolute Gasteiger partial charge is 0.226 e. The number of aliphatic imine (C=N–C) groups is 1. The number of oxazole rings is 1. The molecule has 1 aliphatic rings. The monoisotopic (exact) mass is 436 g/mol. The van der Waals surface area contributed by atoms with E-state index >= 15 is 0 Å². The van der Waals surface area contributed by atoms with E-state index in [1.165, 1.54) is 17.7 Å². The first-order valence-corrected chi connectivity index (χ1v) is 10.9. The lowest BCUT2D eigenvalue weighted by Crippen LogP contribution is -2.47. The first kappa shape index (κ1) is 22.0. The van der Waals surface area contributed by atoms with Gasteiger partial charge in [0.05, 0.1) is 12.2 Å². The lowest BCUT2D eigenvalue weighted by atomic mass is 9.74.